The van der Waals surface area contributed by atoms with Crippen molar-refractivity contribution >= 4 is 41.3 Å². The Morgan fingerprint density at radius 1 is 0.500 bits per heavy atom. The molecule has 0 fully saturated rings. The quantitative estimate of drug-likeness (QED) is 0.0558. The van der Waals surface area contributed by atoms with E-state index in [0.29, 0.717) is 64.9 Å². The molecule has 0 rings (SSSR count). The fourth-order valence-electron chi connectivity index (χ4n) is 5.09. The molecule has 0 aromatic rings. The van der Waals surface area contributed by atoms with Crippen LogP contribution in [0, 0.1) is 11.8 Å². The van der Waals surface area contributed by atoms with Crippen LogP contribution in [-0.2, 0) is 43.0 Å². The van der Waals surface area contributed by atoms with Gasteiger partial charge in [-0.05, 0) is 38.5 Å². The van der Waals surface area contributed by atoms with Gasteiger partial charge in [0.05, 0.1) is 31.7 Å². The van der Waals surface area contributed by atoms with Gasteiger partial charge in [0.1, 0.15) is 11.6 Å². The smallest absolute Gasteiger partial charge is 0.306 e. The van der Waals surface area contributed by atoms with Crippen LogP contribution < -0.4 is 10.6 Å². The zero-order valence-electron chi connectivity index (χ0n) is 30.1. The van der Waals surface area contributed by atoms with Crippen molar-refractivity contribution in [3.63, 3.8) is 0 Å². The second kappa shape index (κ2) is 31.6. The minimum atomic E-state index is -1.17. The Hall–Kier alpha value is -3.39. The first-order valence-corrected chi connectivity index (χ1v) is 18.3. The number of carbonyl (C=O) groups is 7. The Balaban J connectivity index is 3.73. The Bertz CT molecular complexity index is 1000. The maximum Gasteiger partial charge on any atom is 0.306 e. The summed E-state index contributed by atoms with van der Waals surface area (Å²) in [5.41, 5.74) is 0. The predicted octanol–water partition coefficient (Wildman–Crippen LogP) is 4.70. The lowest BCUT2D eigenvalue weighted by Crippen LogP contribution is -2.28. The van der Waals surface area contributed by atoms with Crippen molar-refractivity contribution in [2.45, 2.75) is 135 Å². The van der Waals surface area contributed by atoms with E-state index in [2.05, 4.69) is 10.6 Å². The van der Waals surface area contributed by atoms with E-state index < -0.39 is 29.7 Å². The fourth-order valence-corrected chi connectivity index (χ4v) is 5.09. The van der Waals surface area contributed by atoms with Crippen LogP contribution in [0.5, 0.6) is 0 Å². The fraction of sp³-hybridized carbons (Fsp3) is 0.806. The number of hydrogen-bond donors (Lipinski definition) is 5. The molecule has 0 aliphatic heterocycles. The van der Waals surface area contributed by atoms with Gasteiger partial charge in [0.15, 0.2) is 0 Å². The van der Waals surface area contributed by atoms with Gasteiger partial charge in [-0.1, -0.05) is 51.9 Å². The number of ketones is 2. The largest absolute Gasteiger partial charge is 0.481 e. The molecule has 2 amide bonds. The highest BCUT2D eigenvalue weighted by atomic mass is 16.5. The third-order valence-corrected chi connectivity index (χ3v) is 8.26. The average molecular weight is 715 g/mol. The van der Waals surface area contributed by atoms with Crippen LogP contribution in [0.1, 0.15) is 135 Å². The zero-order chi connectivity index (χ0) is 37.4. The van der Waals surface area contributed by atoms with Crippen molar-refractivity contribution < 1.29 is 58.4 Å². The number of Topliss-reactive ketones (excluding diaryl/α,β-unsaturated/α-hetero) is 2. The van der Waals surface area contributed by atoms with Crippen molar-refractivity contribution in [2.75, 3.05) is 39.5 Å². The van der Waals surface area contributed by atoms with E-state index in [0.717, 1.165) is 51.4 Å². The number of nitrogens with one attached hydrogen (secondary N) is 2. The number of carboxylic acids is 3. The van der Waals surface area contributed by atoms with Gasteiger partial charge in [-0.3, -0.25) is 33.6 Å². The summed E-state index contributed by atoms with van der Waals surface area (Å²) in [6.45, 7) is 3.67. The first kappa shape index (κ1) is 46.6. The van der Waals surface area contributed by atoms with E-state index in [-0.39, 0.29) is 75.1 Å². The molecule has 0 unspecified atom stereocenters. The number of carboxylic acid groups (broad SMARTS) is 3. The molecular weight excluding hydrogens is 652 g/mol. The highest BCUT2D eigenvalue weighted by Gasteiger charge is 2.22. The van der Waals surface area contributed by atoms with Crippen molar-refractivity contribution in [3.8, 4) is 0 Å². The average Bonchev–Trinajstić information content (AvgIpc) is 3.06. The number of amides is 2. The topological polar surface area (TPSA) is 223 Å². The lowest BCUT2D eigenvalue weighted by Gasteiger charge is -2.12. The van der Waals surface area contributed by atoms with E-state index in [4.69, 9.17) is 19.7 Å². The standard InChI is InChI=1S/C36H62N2O12/c1-28(35(45)46)13-10-11-21-37-32(41)19-17-29(36(47)48)27-31(40)18-20-33(42)38-22-24-50-26-25-49-23-12-15-30(39)14-8-6-4-2-3-5-7-9-16-34(43)44/h28-29H,2-27H2,1H3,(H,37,41)(H,38,42)(H,43,44)(H,45,46)(H,47,48)/t28-,29+/m0/s1. The third kappa shape index (κ3) is 30.7. The maximum atomic E-state index is 12.3. The Labute approximate surface area is 296 Å². The molecule has 14 heteroatoms. The summed E-state index contributed by atoms with van der Waals surface area (Å²) in [4.78, 5) is 81.3. The van der Waals surface area contributed by atoms with Gasteiger partial charge in [-0.2, -0.15) is 0 Å². The maximum absolute atomic E-state index is 12.3. The molecule has 0 bridgehead atoms. The molecule has 50 heavy (non-hydrogen) atoms. The molecule has 0 aliphatic carbocycles. The van der Waals surface area contributed by atoms with Crippen LogP contribution >= 0.6 is 0 Å². The molecule has 0 heterocycles. The summed E-state index contributed by atoms with van der Waals surface area (Å²) < 4.78 is 10.9. The van der Waals surface area contributed by atoms with Crippen molar-refractivity contribution in [1.29, 1.82) is 0 Å². The van der Waals surface area contributed by atoms with E-state index >= 15 is 0 Å². The normalized spacial score (nSPS) is 12.2. The molecule has 0 saturated carbocycles. The Morgan fingerprint density at radius 3 is 1.68 bits per heavy atom. The van der Waals surface area contributed by atoms with Gasteiger partial charge in [0.2, 0.25) is 11.8 Å². The number of rotatable bonds is 36. The van der Waals surface area contributed by atoms with Gasteiger partial charge in [0, 0.05) is 64.6 Å². The molecular formula is C36H62N2O12. The van der Waals surface area contributed by atoms with E-state index in [1.54, 1.807) is 6.92 Å². The zero-order valence-corrected chi connectivity index (χ0v) is 30.1. The summed E-state index contributed by atoms with van der Waals surface area (Å²) in [6.07, 6.45) is 11.3. The van der Waals surface area contributed by atoms with E-state index in [1.165, 1.54) is 0 Å². The van der Waals surface area contributed by atoms with Crippen molar-refractivity contribution in [2.24, 2.45) is 11.8 Å². The highest BCUT2D eigenvalue weighted by molar-refractivity contribution is 5.87. The monoisotopic (exact) mass is 714 g/mol. The molecule has 0 aromatic carbocycles. The lowest BCUT2D eigenvalue weighted by molar-refractivity contribution is -0.144. The Morgan fingerprint density at radius 2 is 1.06 bits per heavy atom. The lowest BCUT2D eigenvalue weighted by atomic mass is 9.95. The van der Waals surface area contributed by atoms with Gasteiger partial charge >= 0.3 is 17.9 Å². The van der Waals surface area contributed by atoms with Crippen LogP contribution in [0.4, 0.5) is 0 Å². The van der Waals surface area contributed by atoms with Crippen LogP contribution in [0.2, 0.25) is 0 Å². The minimum absolute atomic E-state index is 0.00305. The highest BCUT2D eigenvalue weighted by Crippen LogP contribution is 2.15. The SMILES string of the molecule is C[C@@H](CCCCNC(=O)CC[C@H](CC(=O)CCC(=O)NCCOCCOCCCC(=O)CCCCCCCCCCC(=O)O)C(=O)O)C(=O)O. The van der Waals surface area contributed by atoms with E-state index in [1.807, 2.05) is 0 Å². The number of carbonyl (C=O) groups excluding carboxylic acids is 4. The molecule has 0 radical (unpaired) electrons. The molecule has 0 spiro atoms. The predicted molar refractivity (Wildman–Crippen MR) is 186 cm³/mol. The summed E-state index contributed by atoms with van der Waals surface area (Å²) in [7, 11) is 0. The van der Waals surface area contributed by atoms with Gasteiger partial charge < -0.3 is 35.4 Å². The third-order valence-electron chi connectivity index (χ3n) is 8.26. The summed E-state index contributed by atoms with van der Waals surface area (Å²) >= 11 is 0. The van der Waals surface area contributed by atoms with Gasteiger partial charge in [0.25, 0.3) is 0 Å². The number of hydrogen-bond acceptors (Lipinski definition) is 9. The second-order valence-electron chi connectivity index (χ2n) is 12.8. The molecule has 0 saturated heterocycles. The molecule has 14 nitrogen and oxygen atoms in total. The van der Waals surface area contributed by atoms with Crippen LogP contribution in [0.3, 0.4) is 0 Å². The molecule has 2 atom stereocenters. The molecule has 0 aromatic heterocycles. The van der Waals surface area contributed by atoms with E-state index in [9.17, 15) is 38.7 Å². The van der Waals surface area contributed by atoms with Gasteiger partial charge in [-0.25, -0.2) is 0 Å². The second-order valence-corrected chi connectivity index (χ2v) is 12.8. The Kier molecular flexibility index (Phi) is 29.4. The molecule has 5 N–H and O–H groups in total. The number of aliphatic carboxylic acids is 3. The number of ether oxygens (including phenoxy) is 2. The van der Waals surface area contributed by atoms with Crippen molar-refractivity contribution in [1.82, 2.24) is 10.6 Å². The van der Waals surface area contributed by atoms with Crippen LogP contribution in [0.25, 0.3) is 0 Å². The summed E-state index contributed by atoms with van der Waals surface area (Å²) in [5, 5.41) is 32.3. The minimum Gasteiger partial charge on any atom is -0.481 e. The first-order valence-electron chi connectivity index (χ1n) is 18.3. The van der Waals surface area contributed by atoms with Gasteiger partial charge in [-0.15, -0.1) is 0 Å². The first-order chi connectivity index (χ1) is 23.9. The molecule has 288 valence electrons. The number of unbranched alkanes of at least 4 members (excludes halogenated alkanes) is 8. The summed E-state index contributed by atoms with van der Waals surface area (Å²) in [5.74, 6) is -5.05. The van der Waals surface area contributed by atoms with Crippen molar-refractivity contribution in [3.05, 3.63) is 0 Å². The molecule has 0 aliphatic rings. The van der Waals surface area contributed by atoms with Crippen LogP contribution in [0.15, 0.2) is 0 Å². The van der Waals surface area contributed by atoms with Crippen LogP contribution in [-0.4, -0.2) is 96.1 Å². The summed E-state index contributed by atoms with van der Waals surface area (Å²) in [6, 6.07) is 0.